The van der Waals surface area contributed by atoms with Gasteiger partial charge in [0.05, 0.1) is 18.6 Å². The summed E-state index contributed by atoms with van der Waals surface area (Å²) < 4.78 is 0. The van der Waals surface area contributed by atoms with E-state index in [1.165, 1.54) is 0 Å². The highest BCUT2D eigenvalue weighted by Crippen LogP contribution is 2.15. The van der Waals surface area contributed by atoms with E-state index in [0.717, 1.165) is 10.6 Å². The van der Waals surface area contributed by atoms with Gasteiger partial charge in [0, 0.05) is 6.42 Å². The van der Waals surface area contributed by atoms with Gasteiger partial charge in [-0.3, -0.25) is 19.8 Å². The maximum Gasteiger partial charge on any atom is 0.328 e. The lowest BCUT2D eigenvalue weighted by molar-refractivity contribution is -0.158. The second kappa shape index (κ2) is 17.3. The summed E-state index contributed by atoms with van der Waals surface area (Å²) in [6.07, 6.45) is 0.210. The smallest absolute Gasteiger partial charge is 0.328 e. The molecule has 0 bridgehead atoms. The molecule has 0 radical (unpaired) electrons. The Balaban J connectivity index is 2.27. The number of carboxylic acids is 1. The average Bonchev–Trinajstić information content (AvgIpc) is 2.93. The number of amides is 3. The SMILES string of the molecule is CC(C)C[C@H](NC(=O)C[C@@H](O)CCc1ccccc1)C(=O)N(NC(=O)[C@@H](N)CC(C)C)[C@@H](Cc1ccccc1)C(=O)O. The fourth-order valence-electron chi connectivity index (χ4n) is 4.64. The second-order valence-corrected chi connectivity index (χ2v) is 11.6. The van der Waals surface area contributed by atoms with E-state index in [0.29, 0.717) is 24.8 Å². The monoisotopic (exact) mass is 582 g/mol. The molecule has 0 aliphatic heterocycles. The molecule has 0 spiro atoms. The number of carbonyl (C=O) groups excluding carboxylic acids is 3. The molecule has 0 saturated heterocycles. The van der Waals surface area contributed by atoms with Gasteiger partial charge in [-0.1, -0.05) is 88.4 Å². The molecule has 42 heavy (non-hydrogen) atoms. The largest absolute Gasteiger partial charge is 0.480 e. The molecule has 0 fully saturated rings. The van der Waals surface area contributed by atoms with Crippen LogP contribution in [0.1, 0.15) is 64.5 Å². The second-order valence-electron chi connectivity index (χ2n) is 11.6. The number of nitrogens with zero attached hydrogens (tertiary/aromatic N) is 1. The molecule has 2 rings (SSSR count). The van der Waals surface area contributed by atoms with Crippen LogP contribution < -0.4 is 16.5 Å². The van der Waals surface area contributed by atoms with Gasteiger partial charge in [-0.15, -0.1) is 0 Å². The zero-order chi connectivity index (χ0) is 31.2. The van der Waals surface area contributed by atoms with Crippen molar-refractivity contribution in [3.05, 3.63) is 71.8 Å². The van der Waals surface area contributed by atoms with E-state index < -0.39 is 47.9 Å². The molecule has 0 unspecified atom stereocenters. The van der Waals surface area contributed by atoms with Crippen LogP contribution in [0.5, 0.6) is 0 Å². The van der Waals surface area contributed by atoms with Crippen molar-refractivity contribution in [2.75, 3.05) is 0 Å². The van der Waals surface area contributed by atoms with Crippen LogP contribution in [0.4, 0.5) is 0 Å². The molecular weight excluding hydrogens is 536 g/mol. The van der Waals surface area contributed by atoms with Gasteiger partial charge < -0.3 is 21.3 Å². The number of benzene rings is 2. The molecule has 10 nitrogen and oxygen atoms in total. The minimum atomic E-state index is -1.46. The zero-order valence-corrected chi connectivity index (χ0v) is 25.0. The molecule has 10 heteroatoms. The number of nitrogens with two attached hydrogens (primary N) is 1. The normalized spacial score (nSPS) is 14.1. The predicted octanol–water partition coefficient (Wildman–Crippen LogP) is 2.83. The highest BCUT2D eigenvalue weighted by molar-refractivity contribution is 5.93. The Morgan fingerprint density at radius 3 is 1.93 bits per heavy atom. The highest BCUT2D eigenvalue weighted by Gasteiger charge is 2.37. The molecule has 0 saturated carbocycles. The van der Waals surface area contributed by atoms with Gasteiger partial charge in [0.2, 0.25) is 5.91 Å². The van der Waals surface area contributed by atoms with Crippen molar-refractivity contribution in [3.8, 4) is 0 Å². The third-order valence-corrected chi connectivity index (χ3v) is 6.77. The van der Waals surface area contributed by atoms with E-state index in [4.69, 9.17) is 5.73 Å². The Labute approximate surface area is 248 Å². The van der Waals surface area contributed by atoms with Crippen LogP contribution in [0.2, 0.25) is 0 Å². The Morgan fingerprint density at radius 2 is 1.40 bits per heavy atom. The quantitative estimate of drug-likeness (QED) is 0.190. The van der Waals surface area contributed by atoms with Gasteiger partial charge in [-0.2, -0.15) is 0 Å². The minimum Gasteiger partial charge on any atom is -0.480 e. The first-order chi connectivity index (χ1) is 19.9. The molecule has 0 aliphatic carbocycles. The summed E-state index contributed by atoms with van der Waals surface area (Å²) in [6.45, 7) is 7.52. The van der Waals surface area contributed by atoms with Crippen molar-refractivity contribution in [1.29, 1.82) is 0 Å². The van der Waals surface area contributed by atoms with Crippen molar-refractivity contribution >= 4 is 23.7 Å². The summed E-state index contributed by atoms with van der Waals surface area (Å²) >= 11 is 0. The van der Waals surface area contributed by atoms with Crippen molar-refractivity contribution in [2.45, 2.75) is 90.4 Å². The number of aliphatic carboxylic acids is 1. The molecule has 4 atom stereocenters. The van der Waals surface area contributed by atoms with E-state index in [2.05, 4.69) is 10.7 Å². The molecule has 0 aliphatic rings. The van der Waals surface area contributed by atoms with E-state index in [9.17, 15) is 29.4 Å². The van der Waals surface area contributed by atoms with Crippen molar-refractivity contribution in [1.82, 2.24) is 15.8 Å². The molecule has 2 aromatic carbocycles. The summed E-state index contributed by atoms with van der Waals surface area (Å²) in [4.78, 5) is 52.4. The first-order valence-corrected chi connectivity index (χ1v) is 14.5. The summed E-state index contributed by atoms with van der Waals surface area (Å²) in [5, 5.41) is 24.2. The van der Waals surface area contributed by atoms with E-state index in [1.807, 2.05) is 58.0 Å². The first kappa shape index (κ1) is 34.4. The number of hydrazine groups is 1. The zero-order valence-electron chi connectivity index (χ0n) is 25.0. The van der Waals surface area contributed by atoms with Gasteiger partial charge in [0.1, 0.15) is 6.04 Å². The van der Waals surface area contributed by atoms with E-state index >= 15 is 0 Å². The fraction of sp³-hybridized carbons (Fsp3) is 0.500. The van der Waals surface area contributed by atoms with Gasteiger partial charge >= 0.3 is 5.97 Å². The predicted molar refractivity (Wildman–Crippen MR) is 161 cm³/mol. The lowest BCUT2D eigenvalue weighted by Gasteiger charge is -2.34. The average molecular weight is 583 g/mol. The van der Waals surface area contributed by atoms with Crippen LogP contribution in [0, 0.1) is 11.8 Å². The van der Waals surface area contributed by atoms with Crippen molar-refractivity contribution in [2.24, 2.45) is 17.6 Å². The van der Waals surface area contributed by atoms with Crippen LogP contribution in [0.25, 0.3) is 0 Å². The fourth-order valence-corrected chi connectivity index (χ4v) is 4.64. The number of hydrogen-bond acceptors (Lipinski definition) is 6. The Hall–Kier alpha value is -3.76. The number of aryl methyl sites for hydroxylation is 1. The molecule has 0 heterocycles. The minimum absolute atomic E-state index is 0.0552. The summed E-state index contributed by atoms with van der Waals surface area (Å²) in [7, 11) is 0. The molecule has 230 valence electrons. The van der Waals surface area contributed by atoms with Gasteiger partial charge in [0.25, 0.3) is 11.8 Å². The molecule has 2 aromatic rings. The van der Waals surface area contributed by atoms with Gasteiger partial charge in [0.15, 0.2) is 6.04 Å². The highest BCUT2D eigenvalue weighted by atomic mass is 16.4. The lowest BCUT2D eigenvalue weighted by atomic mass is 10.00. The lowest BCUT2D eigenvalue weighted by Crippen LogP contribution is -2.63. The maximum atomic E-state index is 14.0. The molecule has 3 amide bonds. The molecule has 0 aromatic heterocycles. The van der Waals surface area contributed by atoms with Crippen LogP contribution in [-0.2, 0) is 32.0 Å². The first-order valence-electron chi connectivity index (χ1n) is 14.5. The van der Waals surface area contributed by atoms with Gasteiger partial charge in [-0.05, 0) is 48.6 Å². The third kappa shape index (κ3) is 12.0. The third-order valence-electron chi connectivity index (χ3n) is 6.77. The van der Waals surface area contributed by atoms with Crippen LogP contribution >= 0.6 is 0 Å². The number of nitrogens with one attached hydrogen (secondary N) is 2. The Bertz CT molecular complexity index is 1140. The number of aliphatic hydroxyl groups excluding tert-OH is 1. The number of aliphatic hydroxyl groups is 1. The molecular formula is C32H46N4O6. The molecule has 6 N–H and O–H groups in total. The number of rotatable bonds is 16. The Kier molecular flexibility index (Phi) is 14.1. The summed E-state index contributed by atoms with van der Waals surface area (Å²) in [5.41, 5.74) is 10.2. The van der Waals surface area contributed by atoms with Gasteiger partial charge in [-0.25, -0.2) is 9.80 Å². The number of hydrogen-bond donors (Lipinski definition) is 5. The van der Waals surface area contributed by atoms with E-state index in [-0.39, 0.29) is 31.1 Å². The number of carboxylic acid groups (broad SMARTS) is 1. The van der Waals surface area contributed by atoms with E-state index in [1.54, 1.807) is 30.3 Å². The number of carbonyl (C=O) groups is 4. The van der Waals surface area contributed by atoms with Crippen molar-refractivity contribution in [3.63, 3.8) is 0 Å². The van der Waals surface area contributed by atoms with Crippen molar-refractivity contribution < 1.29 is 29.4 Å². The van der Waals surface area contributed by atoms with Crippen LogP contribution in [0.15, 0.2) is 60.7 Å². The van der Waals surface area contributed by atoms with Crippen LogP contribution in [0.3, 0.4) is 0 Å². The maximum absolute atomic E-state index is 14.0. The standard InChI is InChI=1S/C32H46N4O6/c1-21(2)17-26(33)30(39)35-36(28(32(41)42)19-24-13-9-6-10-14-24)31(40)27(18-22(3)4)34-29(38)20-25(37)16-15-23-11-7-5-8-12-23/h5-14,21-22,25-28,37H,15-20,33H2,1-4H3,(H,34,38)(H,35,39)(H,41,42)/t25-,26-,27-,28-/m0/s1. The topological polar surface area (TPSA) is 162 Å². The van der Waals surface area contributed by atoms with Crippen LogP contribution in [-0.4, -0.2) is 63.1 Å². The Morgan fingerprint density at radius 1 is 0.857 bits per heavy atom. The summed E-state index contributed by atoms with van der Waals surface area (Å²) in [6, 6.07) is 14.8. The summed E-state index contributed by atoms with van der Waals surface area (Å²) in [5.74, 6) is -3.30.